The summed E-state index contributed by atoms with van der Waals surface area (Å²) in [5.74, 6) is 0.567. The number of hydrogen-bond acceptors (Lipinski definition) is 4. The monoisotopic (exact) mass is 308 g/mol. The van der Waals surface area contributed by atoms with E-state index >= 15 is 0 Å². The summed E-state index contributed by atoms with van der Waals surface area (Å²) in [6.07, 6.45) is 0.954. The molecule has 2 rings (SSSR count). The van der Waals surface area contributed by atoms with Gasteiger partial charge in [-0.25, -0.2) is 0 Å². The number of carbonyl (C=O) groups excluding carboxylic acids is 1. The van der Waals surface area contributed by atoms with Crippen molar-refractivity contribution in [2.45, 2.75) is 13.3 Å². The second kappa shape index (κ2) is 7.95. The molecule has 0 radical (unpaired) electrons. The van der Waals surface area contributed by atoms with Crippen molar-refractivity contribution in [3.8, 4) is 5.75 Å². The van der Waals surface area contributed by atoms with Crippen molar-refractivity contribution in [3.05, 3.63) is 29.8 Å². The van der Waals surface area contributed by atoms with Gasteiger partial charge in [0.1, 0.15) is 5.75 Å². The van der Waals surface area contributed by atoms with Crippen LogP contribution in [0.2, 0.25) is 0 Å². The first-order valence-electron chi connectivity index (χ1n) is 7.11. The molecule has 1 aromatic rings. The molecule has 0 bridgehead atoms. The molecule has 1 aliphatic rings. The lowest BCUT2D eigenvalue weighted by Gasteiger charge is -2.28. The van der Waals surface area contributed by atoms with Crippen molar-refractivity contribution in [2.75, 3.05) is 32.9 Å². The average molecular weight is 308 g/mol. The first-order chi connectivity index (χ1) is 10.2. The van der Waals surface area contributed by atoms with E-state index in [0.29, 0.717) is 43.6 Å². The van der Waals surface area contributed by atoms with Crippen molar-refractivity contribution in [1.82, 2.24) is 10.2 Å². The van der Waals surface area contributed by atoms with Crippen LogP contribution in [0.25, 0.3) is 0 Å². The van der Waals surface area contributed by atoms with E-state index in [0.717, 1.165) is 12.2 Å². The number of hydrogen-bond donors (Lipinski definition) is 1. The number of carbonyl (C=O) groups is 1. The van der Waals surface area contributed by atoms with Gasteiger partial charge in [-0.15, -0.1) is 0 Å². The Morgan fingerprint density at radius 1 is 1.33 bits per heavy atom. The van der Waals surface area contributed by atoms with Crippen LogP contribution in [0, 0.1) is 0 Å². The van der Waals surface area contributed by atoms with Crippen LogP contribution in [0.1, 0.15) is 23.7 Å². The lowest BCUT2D eigenvalue weighted by Crippen LogP contribution is -2.47. The lowest BCUT2D eigenvalue weighted by atomic mass is 10.2. The Morgan fingerprint density at radius 3 is 2.62 bits per heavy atom. The molecule has 114 valence electrons. The van der Waals surface area contributed by atoms with E-state index < -0.39 is 0 Å². The van der Waals surface area contributed by atoms with Crippen LogP contribution in [-0.4, -0.2) is 48.8 Å². The molecule has 21 heavy (non-hydrogen) atoms. The third-order valence-electron chi connectivity index (χ3n) is 3.11. The molecule has 1 aromatic carbocycles. The number of rotatable bonds is 4. The van der Waals surface area contributed by atoms with E-state index in [1.807, 2.05) is 11.8 Å². The van der Waals surface area contributed by atoms with Gasteiger partial charge in [0, 0.05) is 18.7 Å². The predicted molar refractivity (Wildman–Crippen MR) is 84.7 cm³/mol. The van der Waals surface area contributed by atoms with Crippen LogP contribution in [0.15, 0.2) is 24.3 Å². The SMILES string of the molecule is CCCOc1ccc(C(=O)NC(=S)N2CCOCC2)cc1. The number of nitrogens with zero attached hydrogens (tertiary/aromatic N) is 1. The molecule has 0 atom stereocenters. The molecule has 0 spiro atoms. The normalized spacial score (nSPS) is 14.6. The van der Waals surface area contributed by atoms with Crippen LogP contribution >= 0.6 is 12.2 Å². The van der Waals surface area contributed by atoms with Gasteiger partial charge in [0.05, 0.1) is 19.8 Å². The van der Waals surface area contributed by atoms with Gasteiger partial charge in [0.15, 0.2) is 5.11 Å². The molecule has 0 unspecified atom stereocenters. The Labute approximate surface area is 130 Å². The zero-order chi connectivity index (χ0) is 15.1. The Kier molecular flexibility index (Phi) is 5.95. The molecule has 5 nitrogen and oxygen atoms in total. The van der Waals surface area contributed by atoms with E-state index in [1.165, 1.54) is 0 Å². The first-order valence-corrected chi connectivity index (χ1v) is 7.52. The van der Waals surface area contributed by atoms with E-state index in [4.69, 9.17) is 21.7 Å². The summed E-state index contributed by atoms with van der Waals surface area (Å²) in [5.41, 5.74) is 0.564. The summed E-state index contributed by atoms with van der Waals surface area (Å²) < 4.78 is 10.7. The fourth-order valence-electron chi connectivity index (χ4n) is 1.94. The molecule has 1 N–H and O–H groups in total. The summed E-state index contributed by atoms with van der Waals surface area (Å²) in [7, 11) is 0. The maximum absolute atomic E-state index is 12.1. The number of thiocarbonyl (C=S) groups is 1. The van der Waals surface area contributed by atoms with Crippen LogP contribution < -0.4 is 10.1 Å². The topological polar surface area (TPSA) is 50.8 Å². The van der Waals surface area contributed by atoms with E-state index in [-0.39, 0.29) is 5.91 Å². The average Bonchev–Trinajstić information content (AvgIpc) is 2.54. The summed E-state index contributed by atoms with van der Waals surface area (Å²) in [4.78, 5) is 14.1. The second-order valence-corrected chi connectivity index (χ2v) is 5.12. The van der Waals surface area contributed by atoms with Gasteiger partial charge in [0.25, 0.3) is 5.91 Å². The molecule has 0 saturated carbocycles. The minimum atomic E-state index is -0.200. The number of amides is 1. The van der Waals surface area contributed by atoms with Crippen LogP contribution in [0.5, 0.6) is 5.75 Å². The maximum Gasteiger partial charge on any atom is 0.257 e. The van der Waals surface area contributed by atoms with Gasteiger partial charge in [-0.2, -0.15) is 0 Å². The predicted octanol–water partition coefficient (Wildman–Crippen LogP) is 1.82. The molecule has 1 saturated heterocycles. The van der Waals surface area contributed by atoms with Gasteiger partial charge in [0.2, 0.25) is 0 Å². The van der Waals surface area contributed by atoms with Crippen molar-refractivity contribution in [1.29, 1.82) is 0 Å². The standard InChI is InChI=1S/C15H20N2O3S/c1-2-9-20-13-5-3-12(4-6-13)14(18)16-15(21)17-7-10-19-11-8-17/h3-6H,2,7-11H2,1H3,(H,16,18,21). The quantitative estimate of drug-likeness (QED) is 0.860. The fraction of sp³-hybridized carbons (Fsp3) is 0.467. The summed E-state index contributed by atoms with van der Waals surface area (Å²) in [5, 5.41) is 3.20. The lowest BCUT2D eigenvalue weighted by molar-refractivity contribution is 0.0669. The highest BCUT2D eigenvalue weighted by Gasteiger charge is 2.16. The van der Waals surface area contributed by atoms with E-state index in [2.05, 4.69) is 5.32 Å². The van der Waals surface area contributed by atoms with Crippen molar-refractivity contribution in [3.63, 3.8) is 0 Å². The molecule has 1 aliphatic heterocycles. The van der Waals surface area contributed by atoms with Crippen LogP contribution in [0.4, 0.5) is 0 Å². The smallest absolute Gasteiger partial charge is 0.257 e. The molecule has 0 aromatic heterocycles. The van der Waals surface area contributed by atoms with Gasteiger partial charge in [-0.05, 0) is 42.9 Å². The van der Waals surface area contributed by atoms with Crippen molar-refractivity contribution in [2.24, 2.45) is 0 Å². The molecular formula is C15H20N2O3S. The van der Waals surface area contributed by atoms with Crippen LogP contribution in [0.3, 0.4) is 0 Å². The largest absolute Gasteiger partial charge is 0.494 e. The number of benzene rings is 1. The molecule has 0 aliphatic carbocycles. The minimum absolute atomic E-state index is 0.200. The zero-order valence-corrected chi connectivity index (χ0v) is 12.9. The first kappa shape index (κ1) is 15.7. The highest BCUT2D eigenvalue weighted by Crippen LogP contribution is 2.12. The number of ether oxygens (including phenoxy) is 2. The highest BCUT2D eigenvalue weighted by atomic mass is 32.1. The zero-order valence-electron chi connectivity index (χ0n) is 12.1. The third kappa shape index (κ3) is 4.68. The molecular weight excluding hydrogens is 288 g/mol. The fourth-order valence-corrected chi connectivity index (χ4v) is 2.21. The number of morpholine rings is 1. The van der Waals surface area contributed by atoms with Gasteiger partial charge in [-0.1, -0.05) is 6.92 Å². The van der Waals surface area contributed by atoms with E-state index in [1.54, 1.807) is 24.3 Å². The van der Waals surface area contributed by atoms with Gasteiger partial charge in [-0.3, -0.25) is 10.1 Å². The van der Waals surface area contributed by atoms with Gasteiger partial charge < -0.3 is 14.4 Å². The Balaban J connectivity index is 1.88. The molecule has 1 amide bonds. The number of nitrogens with one attached hydrogen (secondary N) is 1. The minimum Gasteiger partial charge on any atom is -0.494 e. The highest BCUT2D eigenvalue weighted by molar-refractivity contribution is 7.80. The Hall–Kier alpha value is -1.66. The van der Waals surface area contributed by atoms with Gasteiger partial charge >= 0.3 is 0 Å². The summed E-state index contributed by atoms with van der Waals surface area (Å²) >= 11 is 5.25. The Bertz CT molecular complexity index is 484. The van der Waals surface area contributed by atoms with Crippen molar-refractivity contribution < 1.29 is 14.3 Å². The Morgan fingerprint density at radius 2 is 2.00 bits per heavy atom. The summed E-state index contributed by atoms with van der Waals surface area (Å²) in [6.45, 7) is 5.42. The maximum atomic E-state index is 12.1. The molecule has 1 heterocycles. The van der Waals surface area contributed by atoms with Crippen LogP contribution in [-0.2, 0) is 4.74 Å². The molecule has 1 fully saturated rings. The summed E-state index contributed by atoms with van der Waals surface area (Å²) in [6, 6.07) is 7.06. The molecule has 6 heteroatoms. The third-order valence-corrected chi connectivity index (χ3v) is 3.47. The van der Waals surface area contributed by atoms with E-state index in [9.17, 15) is 4.79 Å². The van der Waals surface area contributed by atoms with Crippen molar-refractivity contribution >= 4 is 23.2 Å². The second-order valence-electron chi connectivity index (χ2n) is 4.73.